The summed E-state index contributed by atoms with van der Waals surface area (Å²) in [6, 6.07) is 9.64. The fourth-order valence-corrected chi connectivity index (χ4v) is 2.96. The van der Waals surface area contributed by atoms with E-state index in [1.54, 1.807) is 7.05 Å². The van der Waals surface area contributed by atoms with Crippen LogP contribution in [0.1, 0.15) is 17.2 Å². The number of benzene rings is 2. The summed E-state index contributed by atoms with van der Waals surface area (Å²) in [5.74, 6) is -0.908. The van der Waals surface area contributed by atoms with Crippen molar-refractivity contribution in [3.8, 4) is 0 Å². The second-order valence-corrected chi connectivity index (χ2v) is 6.05. The van der Waals surface area contributed by atoms with Gasteiger partial charge in [-0.05, 0) is 69.3 Å². The van der Waals surface area contributed by atoms with E-state index in [1.165, 1.54) is 6.07 Å². The van der Waals surface area contributed by atoms with Crippen LogP contribution < -0.4 is 5.32 Å². The molecule has 2 rings (SSSR count). The van der Waals surface area contributed by atoms with Gasteiger partial charge in [0.25, 0.3) is 0 Å². The van der Waals surface area contributed by atoms with Gasteiger partial charge in [-0.1, -0.05) is 18.2 Å². The van der Waals surface area contributed by atoms with E-state index in [0.29, 0.717) is 5.56 Å². The Kier molecular flexibility index (Phi) is 4.92. The molecule has 0 aliphatic rings. The third-order valence-electron chi connectivity index (χ3n) is 2.86. The zero-order valence-electron chi connectivity index (χ0n) is 10.1. The van der Waals surface area contributed by atoms with Gasteiger partial charge in [0, 0.05) is 9.13 Å². The largest absolute Gasteiger partial charge is 0.309 e. The Bertz CT molecular complexity index is 604. The lowest BCUT2D eigenvalue weighted by Crippen LogP contribution is -2.20. The van der Waals surface area contributed by atoms with Crippen molar-refractivity contribution in [1.29, 1.82) is 0 Å². The van der Waals surface area contributed by atoms with E-state index in [9.17, 15) is 8.78 Å². The minimum absolute atomic E-state index is 0.131. The lowest BCUT2D eigenvalue weighted by molar-refractivity contribution is 0.554. The summed E-state index contributed by atoms with van der Waals surface area (Å²) < 4.78 is 28.8. The monoisotopic (exact) mass is 437 g/mol. The van der Waals surface area contributed by atoms with Gasteiger partial charge in [0.1, 0.15) is 11.6 Å². The maximum absolute atomic E-state index is 14.0. The Labute approximate surface area is 132 Å². The van der Waals surface area contributed by atoms with Gasteiger partial charge in [0.15, 0.2) is 0 Å². The van der Waals surface area contributed by atoms with Gasteiger partial charge in [0.2, 0.25) is 0 Å². The van der Waals surface area contributed by atoms with Crippen LogP contribution in [0.15, 0.2) is 40.9 Å². The molecule has 0 radical (unpaired) electrons. The molecule has 0 aliphatic carbocycles. The standard InChI is InChI=1S/C14H11BrF2IN/c1-19-14(8-4-2-3-5-13(8)18)9-6-12(17)10(15)7-11(9)16/h2-7,14,19H,1H3. The van der Waals surface area contributed by atoms with Gasteiger partial charge in [-0.3, -0.25) is 0 Å². The Morgan fingerprint density at radius 3 is 2.42 bits per heavy atom. The SMILES string of the molecule is CNC(c1cc(F)c(Br)cc1F)c1ccccc1I. The number of hydrogen-bond donors (Lipinski definition) is 1. The predicted molar refractivity (Wildman–Crippen MR) is 84.1 cm³/mol. The van der Waals surface area contributed by atoms with Crippen LogP contribution in [-0.4, -0.2) is 7.05 Å². The van der Waals surface area contributed by atoms with Crippen LogP contribution in [0, 0.1) is 15.2 Å². The molecule has 19 heavy (non-hydrogen) atoms. The van der Waals surface area contributed by atoms with Crippen LogP contribution >= 0.6 is 38.5 Å². The van der Waals surface area contributed by atoms with E-state index in [0.717, 1.165) is 15.2 Å². The van der Waals surface area contributed by atoms with Gasteiger partial charge >= 0.3 is 0 Å². The predicted octanol–water partition coefficient (Wildman–Crippen LogP) is 4.64. The maximum Gasteiger partial charge on any atom is 0.137 e. The molecule has 0 heterocycles. The molecule has 5 heteroatoms. The fraction of sp³-hybridized carbons (Fsp3) is 0.143. The summed E-state index contributed by atoms with van der Waals surface area (Å²) in [5, 5.41) is 3.04. The lowest BCUT2D eigenvalue weighted by Gasteiger charge is -2.19. The Morgan fingerprint density at radius 2 is 1.79 bits per heavy atom. The molecule has 0 spiro atoms. The molecule has 2 aromatic rings. The van der Waals surface area contributed by atoms with E-state index in [-0.39, 0.29) is 10.5 Å². The zero-order valence-corrected chi connectivity index (χ0v) is 13.8. The molecule has 1 unspecified atom stereocenters. The molecule has 0 amide bonds. The molecule has 0 aromatic heterocycles. The number of nitrogens with one attached hydrogen (secondary N) is 1. The van der Waals surface area contributed by atoms with Crippen LogP contribution in [0.4, 0.5) is 8.78 Å². The number of rotatable bonds is 3. The third kappa shape index (κ3) is 3.14. The molecule has 0 bridgehead atoms. The summed E-state index contributed by atoms with van der Waals surface area (Å²) in [7, 11) is 1.73. The molecule has 0 saturated carbocycles. The third-order valence-corrected chi connectivity index (χ3v) is 4.45. The van der Waals surface area contributed by atoms with Crippen molar-refractivity contribution in [2.75, 3.05) is 7.05 Å². The van der Waals surface area contributed by atoms with E-state index in [2.05, 4.69) is 43.8 Å². The summed E-state index contributed by atoms with van der Waals surface area (Å²) in [6.45, 7) is 0. The van der Waals surface area contributed by atoms with E-state index in [4.69, 9.17) is 0 Å². The van der Waals surface area contributed by atoms with Crippen molar-refractivity contribution in [3.05, 3.63) is 67.2 Å². The van der Waals surface area contributed by atoms with Gasteiger partial charge in [-0.2, -0.15) is 0 Å². The molecular formula is C14H11BrF2IN. The highest BCUT2D eigenvalue weighted by atomic mass is 127. The first kappa shape index (κ1) is 14.9. The average molecular weight is 438 g/mol. The average Bonchev–Trinajstić information content (AvgIpc) is 2.38. The molecule has 100 valence electrons. The van der Waals surface area contributed by atoms with E-state index in [1.807, 2.05) is 24.3 Å². The first-order valence-corrected chi connectivity index (χ1v) is 7.48. The molecule has 0 saturated heterocycles. The Hall–Kier alpha value is -0.530. The Morgan fingerprint density at radius 1 is 1.11 bits per heavy atom. The number of halogens is 4. The van der Waals surface area contributed by atoms with Gasteiger partial charge in [0.05, 0.1) is 10.5 Å². The molecule has 0 fully saturated rings. The van der Waals surface area contributed by atoms with Crippen molar-refractivity contribution >= 4 is 38.5 Å². The van der Waals surface area contributed by atoms with Crippen molar-refractivity contribution < 1.29 is 8.78 Å². The highest BCUT2D eigenvalue weighted by Gasteiger charge is 2.20. The topological polar surface area (TPSA) is 12.0 Å². The van der Waals surface area contributed by atoms with E-state index >= 15 is 0 Å². The minimum Gasteiger partial charge on any atom is -0.309 e. The van der Waals surface area contributed by atoms with Crippen LogP contribution in [0.5, 0.6) is 0 Å². The quantitative estimate of drug-likeness (QED) is 0.544. The second-order valence-electron chi connectivity index (χ2n) is 4.03. The first-order valence-electron chi connectivity index (χ1n) is 5.60. The molecule has 0 aliphatic heterocycles. The molecule has 1 N–H and O–H groups in total. The van der Waals surface area contributed by atoms with Gasteiger partial charge < -0.3 is 5.32 Å². The normalized spacial score (nSPS) is 12.5. The van der Waals surface area contributed by atoms with Gasteiger partial charge in [-0.25, -0.2) is 8.78 Å². The summed E-state index contributed by atoms with van der Waals surface area (Å²) in [5.41, 5.74) is 1.22. The smallest absolute Gasteiger partial charge is 0.137 e. The zero-order chi connectivity index (χ0) is 14.0. The molecular weight excluding hydrogens is 427 g/mol. The summed E-state index contributed by atoms with van der Waals surface area (Å²) in [6.07, 6.45) is 0. The van der Waals surface area contributed by atoms with Crippen molar-refractivity contribution in [2.24, 2.45) is 0 Å². The Balaban J connectivity index is 2.55. The van der Waals surface area contributed by atoms with Crippen LogP contribution in [0.25, 0.3) is 0 Å². The summed E-state index contributed by atoms with van der Waals surface area (Å²) >= 11 is 5.17. The van der Waals surface area contributed by atoms with Crippen molar-refractivity contribution in [1.82, 2.24) is 5.32 Å². The highest BCUT2D eigenvalue weighted by molar-refractivity contribution is 14.1. The maximum atomic E-state index is 14.0. The highest BCUT2D eigenvalue weighted by Crippen LogP contribution is 2.30. The fourth-order valence-electron chi connectivity index (χ4n) is 1.95. The first-order chi connectivity index (χ1) is 9.04. The van der Waals surface area contributed by atoms with E-state index < -0.39 is 11.6 Å². The van der Waals surface area contributed by atoms with Crippen molar-refractivity contribution in [3.63, 3.8) is 0 Å². The molecule has 2 aromatic carbocycles. The number of hydrogen-bond acceptors (Lipinski definition) is 1. The van der Waals surface area contributed by atoms with Gasteiger partial charge in [-0.15, -0.1) is 0 Å². The molecule has 1 nitrogen and oxygen atoms in total. The van der Waals surface area contributed by atoms with Crippen molar-refractivity contribution in [2.45, 2.75) is 6.04 Å². The second kappa shape index (κ2) is 6.28. The van der Waals surface area contributed by atoms with Crippen LogP contribution in [0.2, 0.25) is 0 Å². The molecule has 1 atom stereocenters. The van der Waals surface area contributed by atoms with Crippen LogP contribution in [0.3, 0.4) is 0 Å². The minimum atomic E-state index is -0.470. The van der Waals surface area contributed by atoms with Crippen LogP contribution in [-0.2, 0) is 0 Å². The lowest BCUT2D eigenvalue weighted by atomic mass is 9.98. The summed E-state index contributed by atoms with van der Waals surface area (Å²) in [4.78, 5) is 0.